The normalized spacial score (nSPS) is 20.3. The molecule has 0 spiro atoms. The molecule has 0 unspecified atom stereocenters. The molecule has 0 saturated carbocycles. The molecule has 2 fully saturated rings. The first-order valence-electron chi connectivity index (χ1n) is 27.7. The first-order valence-corrected chi connectivity index (χ1v) is 35.9. The molecule has 512 valence electrons. The van der Waals surface area contributed by atoms with Gasteiger partial charge in [0.05, 0.1) is 89.0 Å². The molecule has 23 nitrogen and oxygen atoms in total. The summed E-state index contributed by atoms with van der Waals surface area (Å²) in [7, 11) is -8.38. The first kappa shape index (κ1) is 77.2. The second kappa shape index (κ2) is 33.9. The van der Waals surface area contributed by atoms with Gasteiger partial charge in [-0.1, -0.05) is 29.3 Å². The number of furan rings is 2. The molecule has 6 aromatic rings. The Bertz CT molecular complexity index is 4130. The molecule has 0 bridgehead atoms. The third kappa shape index (κ3) is 21.3. The molecule has 4 heterocycles. The van der Waals surface area contributed by atoms with Crippen LogP contribution in [0.4, 0.5) is 28.9 Å². The number of nitrogens with zero attached hydrogens (tertiary/aromatic N) is 1. The number of anilines is 2. The van der Waals surface area contributed by atoms with Crippen molar-refractivity contribution in [2.45, 2.75) is 86.3 Å². The van der Waals surface area contributed by atoms with E-state index >= 15 is 0 Å². The number of nitrogens with one attached hydrogen (secondary N) is 3. The molecule has 0 amide bonds. The van der Waals surface area contributed by atoms with Gasteiger partial charge in [0, 0.05) is 35.3 Å². The number of carboxylic acid groups (broad SMARTS) is 1. The van der Waals surface area contributed by atoms with Gasteiger partial charge in [0.25, 0.3) is 0 Å². The Morgan fingerprint density at radius 3 is 1.57 bits per heavy atom. The molecule has 2 saturated heterocycles. The van der Waals surface area contributed by atoms with Crippen molar-refractivity contribution >= 4 is 98.9 Å². The van der Waals surface area contributed by atoms with E-state index < -0.39 is 88.7 Å². The van der Waals surface area contributed by atoms with Crippen LogP contribution in [0.15, 0.2) is 174 Å². The van der Waals surface area contributed by atoms with Gasteiger partial charge in [-0.25, -0.2) is 59.1 Å². The van der Waals surface area contributed by atoms with Gasteiger partial charge in [-0.2, -0.15) is 0 Å². The van der Waals surface area contributed by atoms with Gasteiger partial charge in [-0.15, -0.1) is 0 Å². The summed E-state index contributed by atoms with van der Waals surface area (Å²) in [5.74, 6) is -8.52. The number of aromatic carboxylic acids is 1. The third-order valence-corrected chi connectivity index (χ3v) is 18.5. The van der Waals surface area contributed by atoms with Crippen LogP contribution in [0.1, 0.15) is 71.1 Å². The van der Waals surface area contributed by atoms with Gasteiger partial charge in [0.1, 0.15) is 51.3 Å². The van der Waals surface area contributed by atoms with Crippen molar-refractivity contribution in [2.24, 2.45) is 10.3 Å². The van der Waals surface area contributed by atoms with Gasteiger partial charge in [-0.3, -0.25) is 4.90 Å². The molecule has 4 aromatic carbocycles. The zero-order valence-corrected chi connectivity index (χ0v) is 58.2. The number of benzene rings is 4. The molecule has 10 N–H and O–H groups in total. The molecule has 10 rings (SSSR count). The van der Waals surface area contributed by atoms with E-state index in [2.05, 4.69) is 27.3 Å². The number of aliphatic hydroxyl groups is 2. The van der Waals surface area contributed by atoms with Gasteiger partial charge >= 0.3 is 76.4 Å². The number of halogens is 8. The van der Waals surface area contributed by atoms with Crippen molar-refractivity contribution < 1.29 is 118 Å². The molecule has 6 atom stereocenters. The van der Waals surface area contributed by atoms with Crippen molar-refractivity contribution in [2.75, 3.05) is 35.5 Å². The van der Waals surface area contributed by atoms with E-state index in [1.54, 1.807) is 68.2 Å². The number of rotatable bonds is 18. The summed E-state index contributed by atoms with van der Waals surface area (Å²) in [5.41, 5.74) is 1.34. The number of hydrogen-bond donors (Lipinski definition) is 8. The average Bonchev–Trinajstić information content (AvgIpc) is 1.64. The number of carbonyl (C=O) groups excluding carboxylic acids is 3. The standard InChI is InChI=1S/C25H26ClF2N3O7S.C12H11ClN2O5S.C12H15F2NO2.C7H5IO2.C6H6IO/c1-14-12-38-25(33,16-6-17(27)8-18(28)7-16)15(2)31(14)13-37-24(32)20-9-23(39(29,34)35)21(26)10-22(20)30-11-19-4-3-5-36-19;13-9-5-10(15-6-7-2-1-3-20-7)8(12(16)17)4-11(9)21(14,18)19;1-7-6-17-12(16,8(2)15-7)9-3-10(13)5-11(14)4-9;1-5(8)10-7(9)6-3-2-4-6;1-7-6(8)5-3-2-4-5/h3-10,14-15,30,33H,11-13H2,1-2H3,(H2,29,34,35);1-5,15H,6H2,(H,16,17)(H2,14,18,19);3-5,7-8,15-16H,6H2,1-2H3;2-4H,1H2;2-4H,1H3/q;;;;-1/t14-,15+,25-;;7-,8+,12-;;/m1.1../s1. The predicted octanol–water partition coefficient (Wildman–Crippen LogP) is 6.60. The number of alkyl halides is 1. The minimum atomic E-state index is -4.28. The van der Waals surface area contributed by atoms with Crippen molar-refractivity contribution in [3.8, 4) is 0 Å². The number of carboxylic acids is 1. The molecule has 2 aromatic heterocycles. The summed E-state index contributed by atoms with van der Waals surface area (Å²) in [6, 6.07) is 15.0. The van der Waals surface area contributed by atoms with Crippen LogP contribution in [0.25, 0.3) is 0 Å². The second-order valence-corrected chi connectivity index (χ2v) is 27.9. The molecule has 33 heteroatoms. The SMILES string of the molecule is C=C(I)OC(=O)C1=CC=C1.C[C@@H]1CO[C@@](O)(c2cc(F)cc(F)c2)[C@H](C)N1.C[C@@H]1CO[C@@](O)(c2cc(F)cc(F)c2)[C@H](C)N1COC(=O)c1cc(S(N)(=O)=O)c(Cl)cc1NCc1ccco1.C[I-]C(=O)C1=CC=C1.NS(=O)(=O)c1cc(C(=O)O)c(NCc2ccco2)cc1Cl. The zero-order valence-electron chi connectivity index (χ0n) is 50.8. The fourth-order valence-electron chi connectivity index (χ4n) is 8.96. The minimum absolute atomic E-state index is 0.0526. The van der Waals surface area contributed by atoms with Gasteiger partial charge < -0.3 is 59.1 Å². The Hall–Kier alpha value is -6.84. The van der Waals surface area contributed by atoms with Gasteiger partial charge in [-0.05, 0) is 142 Å². The Kier molecular flexibility index (Phi) is 27.5. The van der Waals surface area contributed by atoms with E-state index in [1.165, 1.54) is 24.7 Å². The number of carbonyl (C=O) groups is 4. The Balaban J connectivity index is 0.000000213. The summed E-state index contributed by atoms with van der Waals surface area (Å²) in [4.78, 5) is 48.6. The Morgan fingerprint density at radius 2 is 1.18 bits per heavy atom. The van der Waals surface area contributed by atoms with Crippen molar-refractivity contribution in [1.82, 2.24) is 10.2 Å². The molecular formula is C62H63Cl2F4I2N6O17S2-. The van der Waals surface area contributed by atoms with Crippen LogP contribution in [-0.2, 0) is 73.2 Å². The van der Waals surface area contributed by atoms with Gasteiger partial charge in [0.15, 0.2) is 3.77 Å². The van der Waals surface area contributed by atoms with Crippen LogP contribution in [0, 0.1) is 23.3 Å². The summed E-state index contributed by atoms with van der Waals surface area (Å²) >= 11 is 13.6. The average molecular weight is 1630 g/mol. The number of morpholine rings is 2. The number of allylic oxidation sites excluding steroid dienone is 6. The predicted molar refractivity (Wildman–Crippen MR) is 345 cm³/mol. The maximum Gasteiger partial charge on any atom is 0.337 e. The quantitative estimate of drug-likeness (QED) is 0.0112. The van der Waals surface area contributed by atoms with E-state index in [4.69, 9.17) is 61.6 Å². The number of hydrogen-bond acceptors (Lipinski definition) is 20. The molecule has 2 aliphatic carbocycles. The van der Waals surface area contributed by atoms with E-state index in [0.717, 1.165) is 48.0 Å². The summed E-state index contributed by atoms with van der Waals surface area (Å²) in [6.45, 7) is 10.5. The van der Waals surface area contributed by atoms with E-state index in [-0.39, 0.29) is 116 Å². The van der Waals surface area contributed by atoms with Crippen LogP contribution >= 0.6 is 45.8 Å². The summed E-state index contributed by atoms with van der Waals surface area (Å²) < 4.78 is 133. The van der Waals surface area contributed by atoms with Crippen LogP contribution in [0.5, 0.6) is 0 Å². The monoisotopic (exact) mass is 1630 g/mol. The van der Waals surface area contributed by atoms with Gasteiger partial charge in [0.2, 0.25) is 31.6 Å². The summed E-state index contributed by atoms with van der Waals surface area (Å²) in [5, 5.41) is 49.5. The third-order valence-electron chi connectivity index (χ3n) is 14.0. The Labute approximate surface area is 577 Å². The zero-order chi connectivity index (χ0) is 70.3. The molecule has 2 aliphatic heterocycles. The molecule has 95 heavy (non-hydrogen) atoms. The van der Waals surface area contributed by atoms with Crippen molar-refractivity contribution in [3.05, 3.63) is 222 Å². The van der Waals surface area contributed by atoms with Crippen molar-refractivity contribution in [1.29, 1.82) is 0 Å². The van der Waals surface area contributed by atoms with Crippen LogP contribution in [-0.4, -0.2) is 108 Å². The van der Waals surface area contributed by atoms with E-state index in [1.807, 2.05) is 52.7 Å². The molecule has 4 aliphatic rings. The number of nitrogens with two attached hydrogens (primary N) is 2. The number of sulfonamides is 2. The van der Waals surface area contributed by atoms with Crippen LogP contribution < -0.4 is 47.4 Å². The maximum atomic E-state index is 13.9. The first-order chi connectivity index (χ1) is 44.5. The fraction of sp³-hybridized carbons (Fsp3) is 0.258. The molecule has 0 radical (unpaired) electrons. The largest absolute Gasteiger partial charge is 0.478 e. The topological polar surface area (TPSA) is 352 Å². The second-order valence-electron chi connectivity index (χ2n) is 20.8. The maximum absolute atomic E-state index is 13.9. The smallest absolute Gasteiger partial charge is 0.337 e. The molecular weight excluding hydrogens is 1570 g/mol. The minimum Gasteiger partial charge on any atom is -0.478 e. The van der Waals surface area contributed by atoms with Crippen molar-refractivity contribution in [3.63, 3.8) is 0 Å². The number of ether oxygens (including phenoxy) is 4. The number of esters is 2. The fourth-order valence-corrected chi connectivity index (χ4v) is 12.3. The summed E-state index contributed by atoms with van der Waals surface area (Å²) in [6.07, 6.45) is 13.7. The van der Waals surface area contributed by atoms with E-state index in [9.17, 15) is 63.8 Å². The number of primary sulfonamides is 2. The van der Waals surface area contributed by atoms with Crippen LogP contribution in [0.2, 0.25) is 10.0 Å². The van der Waals surface area contributed by atoms with Crippen LogP contribution in [0.3, 0.4) is 0 Å². The Morgan fingerprint density at radius 1 is 0.726 bits per heavy atom. The van der Waals surface area contributed by atoms with E-state index in [0.29, 0.717) is 30.7 Å².